The Labute approximate surface area is 136 Å². The average molecular weight is 314 g/mol. The third kappa shape index (κ3) is 3.71. The van der Waals surface area contributed by atoms with E-state index >= 15 is 0 Å². The summed E-state index contributed by atoms with van der Waals surface area (Å²) >= 11 is 0. The van der Waals surface area contributed by atoms with Crippen molar-refractivity contribution >= 4 is 17.5 Å². The van der Waals surface area contributed by atoms with Gasteiger partial charge in [0.15, 0.2) is 0 Å². The van der Waals surface area contributed by atoms with Crippen LogP contribution in [0.15, 0.2) is 40.9 Å². The number of nitrogens with one attached hydrogen (secondary N) is 1. The van der Waals surface area contributed by atoms with Crippen molar-refractivity contribution in [3.8, 4) is 0 Å². The third-order valence-corrected chi connectivity index (χ3v) is 4.24. The van der Waals surface area contributed by atoms with Crippen molar-refractivity contribution in [1.29, 1.82) is 0 Å². The van der Waals surface area contributed by atoms with Crippen LogP contribution in [0.3, 0.4) is 0 Å². The van der Waals surface area contributed by atoms with E-state index in [1.807, 2.05) is 19.9 Å². The van der Waals surface area contributed by atoms with Gasteiger partial charge < -0.3 is 9.42 Å². The maximum Gasteiger partial charge on any atom is 0.243 e. The number of piperazine rings is 1. The lowest BCUT2D eigenvalue weighted by atomic mass is 10.2. The number of para-hydroxylation sites is 1. The van der Waals surface area contributed by atoms with Crippen LogP contribution in [0.2, 0.25) is 0 Å². The molecule has 1 aromatic carbocycles. The Morgan fingerprint density at radius 2 is 1.91 bits per heavy atom. The van der Waals surface area contributed by atoms with Crippen molar-refractivity contribution in [3.05, 3.63) is 42.1 Å². The molecule has 6 nitrogen and oxygen atoms in total. The fourth-order valence-electron chi connectivity index (χ4n) is 2.82. The van der Waals surface area contributed by atoms with Crippen LogP contribution in [0.5, 0.6) is 0 Å². The van der Waals surface area contributed by atoms with Gasteiger partial charge in [0.25, 0.3) is 0 Å². The Kier molecular flexibility index (Phi) is 4.62. The number of aromatic nitrogens is 1. The van der Waals surface area contributed by atoms with E-state index in [-0.39, 0.29) is 11.9 Å². The van der Waals surface area contributed by atoms with E-state index in [2.05, 4.69) is 44.5 Å². The third-order valence-electron chi connectivity index (χ3n) is 4.24. The summed E-state index contributed by atoms with van der Waals surface area (Å²) in [6.45, 7) is 7.31. The first-order chi connectivity index (χ1) is 11.1. The van der Waals surface area contributed by atoms with E-state index in [0.29, 0.717) is 5.88 Å². The minimum atomic E-state index is -0.196. The molecule has 1 aliphatic heterocycles. The fourth-order valence-corrected chi connectivity index (χ4v) is 2.82. The molecule has 0 aliphatic carbocycles. The SMILES string of the molecule is Cc1cc(NC(=O)C(C)N2CCN(c3ccccc3)CC2)on1. The van der Waals surface area contributed by atoms with Gasteiger partial charge in [0.05, 0.1) is 11.7 Å². The van der Waals surface area contributed by atoms with Gasteiger partial charge in [0.1, 0.15) is 0 Å². The first-order valence-corrected chi connectivity index (χ1v) is 7.92. The van der Waals surface area contributed by atoms with Crippen LogP contribution in [0.1, 0.15) is 12.6 Å². The minimum Gasteiger partial charge on any atom is -0.369 e. The van der Waals surface area contributed by atoms with Gasteiger partial charge in [-0.2, -0.15) is 0 Å². The Morgan fingerprint density at radius 1 is 1.22 bits per heavy atom. The average Bonchev–Trinajstić information content (AvgIpc) is 3.00. The van der Waals surface area contributed by atoms with Crippen LogP contribution in [0, 0.1) is 6.92 Å². The zero-order valence-electron chi connectivity index (χ0n) is 13.5. The van der Waals surface area contributed by atoms with Crippen molar-refractivity contribution in [2.75, 3.05) is 36.4 Å². The lowest BCUT2D eigenvalue weighted by Gasteiger charge is -2.38. The summed E-state index contributed by atoms with van der Waals surface area (Å²) in [5.41, 5.74) is 1.99. The molecule has 1 saturated heterocycles. The molecule has 23 heavy (non-hydrogen) atoms. The van der Waals surface area contributed by atoms with Gasteiger partial charge in [-0.1, -0.05) is 23.4 Å². The smallest absolute Gasteiger partial charge is 0.243 e. The Balaban J connectivity index is 1.53. The van der Waals surface area contributed by atoms with E-state index in [0.717, 1.165) is 31.9 Å². The lowest BCUT2D eigenvalue weighted by molar-refractivity contribution is -0.121. The van der Waals surface area contributed by atoms with Crippen LogP contribution >= 0.6 is 0 Å². The zero-order valence-corrected chi connectivity index (χ0v) is 13.5. The van der Waals surface area contributed by atoms with E-state index in [1.165, 1.54) is 5.69 Å². The molecule has 2 heterocycles. The summed E-state index contributed by atoms with van der Waals surface area (Å²) in [7, 11) is 0. The number of carbonyl (C=O) groups is 1. The van der Waals surface area contributed by atoms with Gasteiger partial charge in [0.2, 0.25) is 11.8 Å². The van der Waals surface area contributed by atoms with E-state index in [1.54, 1.807) is 6.07 Å². The van der Waals surface area contributed by atoms with Gasteiger partial charge >= 0.3 is 0 Å². The standard InChI is InChI=1S/C17H22N4O2/c1-13-12-16(23-19-13)18-17(22)14(2)20-8-10-21(11-9-20)15-6-4-3-5-7-15/h3-7,12,14H,8-11H2,1-2H3,(H,18,22). The molecule has 0 saturated carbocycles. The Morgan fingerprint density at radius 3 is 2.52 bits per heavy atom. The molecule has 2 aromatic rings. The molecule has 1 aliphatic rings. The Bertz CT molecular complexity index is 648. The monoisotopic (exact) mass is 314 g/mol. The van der Waals surface area contributed by atoms with Crippen LogP contribution in [-0.2, 0) is 4.79 Å². The predicted octanol–water partition coefficient (Wildman–Crippen LogP) is 2.13. The van der Waals surface area contributed by atoms with Gasteiger partial charge in [-0.3, -0.25) is 15.0 Å². The topological polar surface area (TPSA) is 61.6 Å². The van der Waals surface area contributed by atoms with E-state index in [4.69, 9.17) is 4.52 Å². The van der Waals surface area contributed by atoms with Crippen molar-refractivity contribution < 1.29 is 9.32 Å². The molecule has 0 radical (unpaired) electrons. The highest BCUT2D eigenvalue weighted by Gasteiger charge is 2.26. The quantitative estimate of drug-likeness (QED) is 0.937. The summed E-state index contributed by atoms with van der Waals surface area (Å²) < 4.78 is 5.04. The highest BCUT2D eigenvalue weighted by Crippen LogP contribution is 2.17. The molecule has 1 amide bonds. The summed E-state index contributed by atoms with van der Waals surface area (Å²) in [4.78, 5) is 16.9. The van der Waals surface area contributed by atoms with Gasteiger partial charge in [0, 0.05) is 37.9 Å². The second kappa shape index (κ2) is 6.83. The van der Waals surface area contributed by atoms with Gasteiger partial charge in [-0.15, -0.1) is 0 Å². The number of benzene rings is 1. The van der Waals surface area contributed by atoms with Gasteiger partial charge in [-0.05, 0) is 26.0 Å². The largest absolute Gasteiger partial charge is 0.369 e. The Hall–Kier alpha value is -2.34. The van der Waals surface area contributed by atoms with Crippen LogP contribution in [0.25, 0.3) is 0 Å². The molecular weight excluding hydrogens is 292 g/mol. The molecule has 1 unspecified atom stereocenters. The molecule has 122 valence electrons. The van der Waals surface area contributed by atoms with Gasteiger partial charge in [-0.25, -0.2) is 0 Å². The van der Waals surface area contributed by atoms with Crippen LogP contribution in [0.4, 0.5) is 11.6 Å². The number of rotatable bonds is 4. The maximum absolute atomic E-state index is 12.3. The van der Waals surface area contributed by atoms with Crippen LogP contribution in [-0.4, -0.2) is 48.2 Å². The molecule has 6 heteroatoms. The first kappa shape index (κ1) is 15.6. The lowest BCUT2D eigenvalue weighted by Crippen LogP contribution is -2.52. The summed E-state index contributed by atoms with van der Waals surface area (Å²) in [5, 5.41) is 6.55. The molecule has 0 spiro atoms. The summed E-state index contributed by atoms with van der Waals surface area (Å²) in [6.07, 6.45) is 0. The van der Waals surface area contributed by atoms with E-state index in [9.17, 15) is 4.79 Å². The number of carbonyl (C=O) groups excluding carboxylic acids is 1. The second-order valence-electron chi connectivity index (χ2n) is 5.86. The number of aryl methyl sites for hydroxylation is 1. The number of anilines is 2. The molecule has 1 fully saturated rings. The first-order valence-electron chi connectivity index (χ1n) is 7.92. The normalized spacial score (nSPS) is 17.0. The number of amides is 1. The zero-order chi connectivity index (χ0) is 16.2. The maximum atomic E-state index is 12.3. The number of hydrogen-bond donors (Lipinski definition) is 1. The molecule has 1 atom stereocenters. The van der Waals surface area contributed by atoms with Crippen molar-refractivity contribution in [2.45, 2.75) is 19.9 Å². The minimum absolute atomic E-state index is 0.0608. The fraction of sp³-hybridized carbons (Fsp3) is 0.412. The molecule has 3 rings (SSSR count). The predicted molar refractivity (Wildman–Crippen MR) is 89.6 cm³/mol. The highest BCUT2D eigenvalue weighted by molar-refractivity contribution is 5.93. The van der Waals surface area contributed by atoms with Crippen LogP contribution < -0.4 is 10.2 Å². The molecule has 1 N–H and O–H groups in total. The van der Waals surface area contributed by atoms with Crippen molar-refractivity contribution in [2.24, 2.45) is 0 Å². The summed E-state index contributed by atoms with van der Waals surface area (Å²) in [5.74, 6) is 0.344. The van der Waals surface area contributed by atoms with E-state index < -0.39 is 0 Å². The molecule has 0 bridgehead atoms. The highest BCUT2D eigenvalue weighted by atomic mass is 16.5. The number of nitrogens with zero attached hydrogens (tertiary/aromatic N) is 3. The molecular formula is C17H22N4O2. The van der Waals surface area contributed by atoms with Crippen molar-refractivity contribution in [1.82, 2.24) is 10.1 Å². The van der Waals surface area contributed by atoms with Crippen molar-refractivity contribution in [3.63, 3.8) is 0 Å². The summed E-state index contributed by atoms with van der Waals surface area (Å²) in [6, 6.07) is 11.9. The second-order valence-corrected chi connectivity index (χ2v) is 5.86. The molecule has 1 aromatic heterocycles. The number of hydrogen-bond acceptors (Lipinski definition) is 5.